The van der Waals surface area contributed by atoms with E-state index in [1.54, 1.807) is 0 Å². The molecule has 0 aliphatic heterocycles. The molecule has 1 aliphatic rings. The zero-order chi connectivity index (χ0) is 16.4. The second-order valence-electron chi connectivity index (χ2n) is 6.52. The molecule has 0 bridgehead atoms. The van der Waals surface area contributed by atoms with Crippen LogP contribution in [0.5, 0.6) is 0 Å². The molecule has 3 aromatic rings. The fourth-order valence-electron chi connectivity index (χ4n) is 3.79. The smallest absolute Gasteiger partial charge is 0.227 e. The standard InChI is InChI=1S/C22H21NO/c24-23-16-19-13-7-8-14-20(19)21(15-17-9-3-1-4-10-17)22(23)18-11-5-2-6-12-18/h1-6,9-12,16H,7-8,13-15H2. The normalized spacial score (nSPS) is 13.5. The first-order valence-corrected chi connectivity index (χ1v) is 8.69. The SMILES string of the molecule is [O-][n+]1cc2c(c(Cc3ccccc3)c1-c1ccccc1)CCCC2. The molecule has 0 atom stereocenters. The monoisotopic (exact) mass is 315 g/mol. The number of hydrogen-bond acceptors (Lipinski definition) is 1. The van der Waals surface area contributed by atoms with Crippen molar-refractivity contribution in [2.75, 3.05) is 0 Å². The Hall–Kier alpha value is -2.61. The van der Waals surface area contributed by atoms with E-state index in [0.29, 0.717) is 0 Å². The molecule has 4 rings (SSSR count). The Morgan fingerprint density at radius 2 is 1.50 bits per heavy atom. The number of benzene rings is 2. The fraction of sp³-hybridized carbons (Fsp3) is 0.227. The highest BCUT2D eigenvalue weighted by Gasteiger charge is 2.24. The van der Waals surface area contributed by atoms with Crippen molar-refractivity contribution in [2.24, 2.45) is 0 Å². The van der Waals surface area contributed by atoms with E-state index < -0.39 is 0 Å². The van der Waals surface area contributed by atoms with Gasteiger partial charge >= 0.3 is 0 Å². The Morgan fingerprint density at radius 3 is 2.25 bits per heavy atom. The van der Waals surface area contributed by atoms with Crippen molar-refractivity contribution in [1.82, 2.24) is 0 Å². The summed E-state index contributed by atoms with van der Waals surface area (Å²) in [6.07, 6.45) is 7.13. The number of aromatic nitrogens is 1. The maximum Gasteiger partial charge on any atom is 0.227 e. The van der Waals surface area contributed by atoms with Gasteiger partial charge in [-0.1, -0.05) is 48.5 Å². The van der Waals surface area contributed by atoms with Crippen LogP contribution >= 0.6 is 0 Å². The zero-order valence-corrected chi connectivity index (χ0v) is 13.7. The van der Waals surface area contributed by atoms with Crippen LogP contribution in [0.15, 0.2) is 66.9 Å². The summed E-state index contributed by atoms with van der Waals surface area (Å²) in [5.74, 6) is 0. The Bertz CT molecular complexity index is 841. The summed E-state index contributed by atoms with van der Waals surface area (Å²) >= 11 is 0. The van der Waals surface area contributed by atoms with Crippen molar-refractivity contribution in [2.45, 2.75) is 32.1 Å². The molecule has 1 heterocycles. The van der Waals surface area contributed by atoms with E-state index in [2.05, 4.69) is 24.3 Å². The first-order valence-electron chi connectivity index (χ1n) is 8.69. The fourth-order valence-corrected chi connectivity index (χ4v) is 3.79. The van der Waals surface area contributed by atoms with E-state index in [1.165, 1.54) is 35.1 Å². The summed E-state index contributed by atoms with van der Waals surface area (Å²) in [6, 6.07) is 20.5. The molecule has 0 unspecified atom stereocenters. The van der Waals surface area contributed by atoms with Crippen molar-refractivity contribution in [1.29, 1.82) is 0 Å². The molecule has 1 aromatic heterocycles. The third-order valence-electron chi connectivity index (χ3n) is 4.93. The minimum Gasteiger partial charge on any atom is -0.618 e. The average molecular weight is 315 g/mol. The Balaban J connectivity index is 1.91. The van der Waals surface area contributed by atoms with Gasteiger partial charge in [0.1, 0.15) is 0 Å². The molecule has 120 valence electrons. The summed E-state index contributed by atoms with van der Waals surface area (Å²) in [5, 5.41) is 12.8. The van der Waals surface area contributed by atoms with Crippen LogP contribution in [-0.4, -0.2) is 0 Å². The summed E-state index contributed by atoms with van der Waals surface area (Å²) < 4.78 is 1.09. The van der Waals surface area contributed by atoms with Gasteiger partial charge in [0, 0.05) is 23.1 Å². The Kier molecular flexibility index (Phi) is 4.04. The molecule has 0 fully saturated rings. The van der Waals surface area contributed by atoms with Gasteiger partial charge in [0.2, 0.25) is 5.69 Å². The van der Waals surface area contributed by atoms with Crippen molar-refractivity contribution in [3.05, 3.63) is 94.3 Å². The molecule has 24 heavy (non-hydrogen) atoms. The van der Waals surface area contributed by atoms with Crippen LogP contribution in [0.2, 0.25) is 0 Å². The summed E-state index contributed by atoms with van der Waals surface area (Å²) in [6.45, 7) is 0. The van der Waals surface area contributed by atoms with Crippen LogP contribution in [0.3, 0.4) is 0 Å². The van der Waals surface area contributed by atoms with E-state index in [0.717, 1.165) is 35.3 Å². The van der Waals surface area contributed by atoms with Crippen LogP contribution in [0, 0.1) is 5.21 Å². The second-order valence-corrected chi connectivity index (χ2v) is 6.52. The summed E-state index contributed by atoms with van der Waals surface area (Å²) in [5.41, 5.74) is 6.93. The predicted octanol–water partition coefficient (Wildman–Crippen LogP) is 4.46. The van der Waals surface area contributed by atoms with Crippen LogP contribution in [0.1, 0.15) is 35.1 Å². The van der Waals surface area contributed by atoms with Gasteiger partial charge in [0.25, 0.3) is 0 Å². The number of hydrogen-bond donors (Lipinski definition) is 0. The van der Waals surface area contributed by atoms with Crippen molar-refractivity contribution < 1.29 is 4.73 Å². The molecule has 2 aromatic carbocycles. The predicted molar refractivity (Wildman–Crippen MR) is 96.7 cm³/mol. The van der Waals surface area contributed by atoms with Crippen molar-refractivity contribution in [3.63, 3.8) is 0 Å². The lowest BCUT2D eigenvalue weighted by Gasteiger charge is -2.21. The third-order valence-corrected chi connectivity index (χ3v) is 4.93. The van der Waals surface area contributed by atoms with Gasteiger partial charge in [0.15, 0.2) is 6.20 Å². The van der Waals surface area contributed by atoms with Crippen LogP contribution < -0.4 is 4.73 Å². The molecule has 0 saturated carbocycles. The number of fused-ring (bicyclic) bond motifs is 1. The zero-order valence-electron chi connectivity index (χ0n) is 13.7. The first-order chi connectivity index (χ1) is 11.8. The Morgan fingerprint density at radius 1 is 0.833 bits per heavy atom. The Labute approximate surface area is 143 Å². The van der Waals surface area contributed by atoms with Crippen LogP contribution in [0.4, 0.5) is 0 Å². The lowest BCUT2D eigenvalue weighted by molar-refractivity contribution is -0.594. The number of aryl methyl sites for hydroxylation is 1. The number of rotatable bonds is 3. The number of nitrogens with zero attached hydrogens (tertiary/aromatic N) is 1. The minimum absolute atomic E-state index is 0.816. The molecule has 0 radical (unpaired) electrons. The quantitative estimate of drug-likeness (QED) is 0.518. The van der Waals surface area contributed by atoms with E-state index in [-0.39, 0.29) is 0 Å². The van der Waals surface area contributed by atoms with E-state index >= 15 is 0 Å². The topological polar surface area (TPSA) is 26.9 Å². The highest BCUT2D eigenvalue weighted by atomic mass is 16.5. The molecule has 0 saturated heterocycles. The van der Waals surface area contributed by atoms with Gasteiger partial charge in [-0.3, -0.25) is 0 Å². The molecular weight excluding hydrogens is 294 g/mol. The van der Waals surface area contributed by atoms with Gasteiger partial charge in [0.05, 0.1) is 0 Å². The van der Waals surface area contributed by atoms with Gasteiger partial charge in [-0.15, -0.1) is 0 Å². The highest BCUT2D eigenvalue weighted by molar-refractivity contribution is 5.63. The maximum atomic E-state index is 12.8. The maximum absolute atomic E-state index is 12.8. The average Bonchev–Trinajstić information content (AvgIpc) is 2.63. The van der Waals surface area contributed by atoms with Gasteiger partial charge < -0.3 is 5.21 Å². The van der Waals surface area contributed by atoms with E-state index in [1.807, 2.05) is 42.6 Å². The van der Waals surface area contributed by atoms with E-state index in [4.69, 9.17) is 0 Å². The largest absolute Gasteiger partial charge is 0.618 e. The molecule has 0 N–H and O–H groups in total. The summed E-state index contributed by atoms with van der Waals surface area (Å²) in [4.78, 5) is 0. The van der Waals surface area contributed by atoms with Crippen molar-refractivity contribution in [3.8, 4) is 11.3 Å². The highest BCUT2D eigenvalue weighted by Crippen LogP contribution is 2.31. The third kappa shape index (κ3) is 2.80. The molecule has 0 amide bonds. The first kappa shape index (κ1) is 14.9. The molecule has 2 nitrogen and oxygen atoms in total. The van der Waals surface area contributed by atoms with Gasteiger partial charge in [-0.05, 0) is 48.9 Å². The van der Waals surface area contributed by atoms with Gasteiger partial charge in [-0.25, -0.2) is 0 Å². The lowest BCUT2D eigenvalue weighted by atomic mass is 9.85. The summed E-state index contributed by atoms with van der Waals surface area (Å²) in [7, 11) is 0. The molecular formula is C22H21NO. The van der Waals surface area contributed by atoms with Gasteiger partial charge in [-0.2, -0.15) is 4.73 Å². The molecule has 0 spiro atoms. The van der Waals surface area contributed by atoms with Crippen LogP contribution in [0.25, 0.3) is 11.3 Å². The van der Waals surface area contributed by atoms with E-state index in [9.17, 15) is 5.21 Å². The molecule has 2 heteroatoms. The minimum atomic E-state index is 0.816. The van der Waals surface area contributed by atoms with Crippen LogP contribution in [-0.2, 0) is 19.3 Å². The number of pyridine rings is 1. The molecule has 1 aliphatic carbocycles. The second kappa shape index (κ2) is 6.48. The van der Waals surface area contributed by atoms with Crippen molar-refractivity contribution >= 4 is 0 Å². The lowest BCUT2D eigenvalue weighted by Crippen LogP contribution is -2.33.